The van der Waals surface area contributed by atoms with Gasteiger partial charge in [-0.05, 0) is 25.9 Å². The van der Waals surface area contributed by atoms with Crippen LogP contribution in [0.3, 0.4) is 0 Å². The molecule has 2 N–H and O–H groups in total. The van der Waals surface area contributed by atoms with E-state index >= 15 is 0 Å². The van der Waals surface area contributed by atoms with Crippen molar-refractivity contribution in [2.45, 2.75) is 78.1 Å². The van der Waals surface area contributed by atoms with E-state index < -0.39 is 0 Å². The summed E-state index contributed by atoms with van der Waals surface area (Å²) in [4.78, 5) is 2.54. The van der Waals surface area contributed by atoms with Crippen LogP contribution in [0.25, 0.3) is 0 Å². The molecule has 0 unspecified atom stereocenters. The summed E-state index contributed by atoms with van der Waals surface area (Å²) < 4.78 is 0. The second-order valence-corrected chi connectivity index (χ2v) is 5.46. The van der Waals surface area contributed by atoms with Crippen LogP contribution in [-0.4, -0.2) is 31.1 Å². The average molecular weight is 256 g/mol. The van der Waals surface area contributed by atoms with Gasteiger partial charge in [0.2, 0.25) is 0 Å². The van der Waals surface area contributed by atoms with Crippen LogP contribution in [0.2, 0.25) is 0 Å². The summed E-state index contributed by atoms with van der Waals surface area (Å²) >= 11 is 0. The summed E-state index contributed by atoms with van der Waals surface area (Å²) in [6.07, 6.45) is 13.9. The molecule has 0 amide bonds. The molecule has 0 bridgehead atoms. The quantitative estimate of drug-likeness (QED) is 0.472. The predicted octanol–water partition coefficient (Wildman–Crippen LogP) is 4.19. The Morgan fingerprint density at radius 1 is 0.611 bits per heavy atom. The van der Waals surface area contributed by atoms with E-state index in [-0.39, 0.29) is 0 Å². The molecule has 110 valence electrons. The maximum absolute atomic E-state index is 5.66. The minimum atomic E-state index is 0.806. The van der Waals surface area contributed by atoms with Crippen LogP contribution in [0.15, 0.2) is 0 Å². The first-order valence-corrected chi connectivity index (χ1v) is 8.27. The first kappa shape index (κ1) is 17.9. The lowest BCUT2D eigenvalue weighted by Gasteiger charge is -2.21. The third-order valence-electron chi connectivity index (χ3n) is 3.60. The van der Waals surface area contributed by atoms with Crippen molar-refractivity contribution in [1.82, 2.24) is 4.90 Å². The number of hydrogen-bond donors (Lipinski definition) is 1. The van der Waals surface area contributed by atoms with Gasteiger partial charge in [0.25, 0.3) is 0 Å². The maximum atomic E-state index is 5.66. The number of nitrogens with two attached hydrogens (primary N) is 1. The number of hydrogen-bond acceptors (Lipinski definition) is 2. The maximum Gasteiger partial charge on any atom is 0.0105 e. The van der Waals surface area contributed by atoms with Gasteiger partial charge in [0.05, 0.1) is 0 Å². The highest BCUT2D eigenvalue weighted by molar-refractivity contribution is 4.58. The molecule has 0 aromatic rings. The summed E-state index contributed by atoms with van der Waals surface area (Å²) in [5.41, 5.74) is 5.66. The van der Waals surface area contributed by atoms with Crippen molar-refractivity contribution in [3.8, 4) is 0 Å². The average Bonchev–Trinajstić information content (AvgIpc) is 2.39. The lowest BCUT2D eigenvalue weighted by Crippen LogP contribution is -2.31. The third kappa shape index (κ3) is 12.4. The largest absolute Gasteiger partial charge is 0.329 e. The molecular weight excluding hydrogens is 220 g/mol. The van der Waals surface area contributed by atoms with E-state index in [1.165, 1.54) is 77.3 Å². The van der Waals surface area contributed by atoms with Gasteiger partial charge in [-0.1, -0.05) is 65.2 Å². The SMILES string of the molecule is CCCCCCCCCCN(CCN)CCCC. The third-order valence-corrected chi connectivity index (χ3v) is 3.60. The van der Waals surface area contributed by atoms with Crippen molar-refractivity contribution in [3.63, 3.8) is 0 Å². The minimum absolute atomic E-state index is 0.806. The Bertz CT molecular complexity index is 148. The summed E-state index contributed by atoms with van der Waals surface area (Å²) in [5, 5.41) is 0. The first-order chi connectivity index (χ1) is 8.85. The number of nitrogens with zero attached hydrogens (tertiary/aromatic N) is 1. The van der Waals surface area contributed by atoms with Crippen molar-refractivity contribution >= 4 is 0 Å². The van der Waals surface area contributed by atoms with Gasteiger partial charge in [-0.3, -0.25) is 0 Å². The molecule has 0 spiro atoms. The van der Waals surface area contributed by atoms with Crippen LogP contribution >= 0.6 is 0 Å². The normalized spacial score (nSPS) is 11.3. The number of rotatable bonds is 14. The van der Waals surface area contributed by atoms with Crippen molar-refractivity contribution < 1.29 is 0 Å². The molecule has 0 aliphatic heterocycles. The van der Waals surface area contributed by atoms with Crippen molar-refractivity contribution in [1.29, 1.82) is 0 Å². The van der Waals surface area contributed by atoms with E-state index in [1.54, 1.807) is 0 Å². The zero-order valence-corrected chi connectivity index (χ0v) is 12.9. The van der Waals surface area contributed by atoms with Crippen molar-refractivity contribution in [2.24, 2.45) is 5.73 Å². The fraction of sp³-hybridized carbons (Fsp3) is 1.00. The van der Waals surface area contributed by atoms with E-state index in [0.717, 1.165) is 13.1 Å². The highest BCUT2D eigenvalue weighted by Crippen LogP contribution is 2.09. The van der Waals surface area contributed by atoms with Gasteiger partial charge in [0, 0.05) is 13.1 Å². The van der Waals surface area contributed by atoms with Gasteiger partial charge < -0.3 is 10.6 Å². The zero-order chi connectivity index (χ0) is 13.5. The number of unbranched alkanes of at least 4 members (excludes halogenated alkanes) is 8. The second kappa shape index (κ2) is 15.0. The van der Waals surface area contributed by atoms with E-state index in [4.69, 9.17) is 5.73 Å². The van der Waals surface area contributed by atoms with E-state index in [9.17, 15) is 0 Å². The molecule has 0 aliphatic carbocycles. The molecule has 0 rings (SSSR count). The smallest absolute Gasteiger partial charge is 0.0105 e. The molecule has 0 heterocycles. The van der Waals surface area contributed by atoms with E-state index in [1.807, 2.05) is 0 Å². The Morgan fingerprint density at radius 3 is 1.67 bits per heavy atom. The standard InChI is InChI=1S/C16H36N2/c1-3-5-7-8-9-10-11-12-15-18(16-13-17)14-6-4-2/h3-17H2,1-2H3. The Balaban J connectivity index is 3.31. The van der Waals surface area contributed by atoms with Crippen molar-refractivity contribution in [3.05, 3.63) is 0 Å². The fourth-order valence-corrected chi connectivity index (χ4v) is 2.37. The topological polar surface area (TPSA) is 29.3 Å². The zero-order valence-electron chi connectivity index (χ0n) is 12.9. The van der Waals surface area contributed by atoms with Crippen LogP contribution < -0.4 is 5.73 Å². The summed E-state index contributed by atoms with van der Waals surface area (Å²) in [5.74, 6) is 0. The van der Waals surface area contributed by atoms with E-state index in [2.05, 4.69) is 18.7 Å². The second-order valence-electron chi connectivity index (χ2n) is 5.46. The summed E-state index contributed by atoms with van der Waals surface area (Å²) in [7, 11) is 0. The molecule has 2 nitrogen and oxygen atoms in total. The molecular formula is C16H36N2. The molecule has 0 aliphatic rings. The summed E-state index contributed by atoms with van der Waals surface area (Å²) in [6, 6.07) is 0. The molecule has 2 heteroatoms. The molecule has 0 fully saturated rings. The van der Waals surface area contributed by atoms with Gasteiger partial charge >= 0.3 is 0 Å². The van der Waals surface area contributed by atoms with Gasteiger partial charge in [0.1, 0.15) is 0 Å². The van der Waals surface area contributed by atoms with E-state index in [0.29, 0.717) is 0 Å². The molecule has 0 radical (unpaired) electrons. The van der Waals surface area contributed by atoms with Gasteiger partial charge in [-0.15, -0.1) is 0 Å². The van der Waals surface area contributed by atoms with Gasteiger partial charge in [-0.25, -0.2) is 0 Å². The van der Waals surface area contributed by atoms with Crippen LogP contribution in [0.1, 0.15) is 78.1 Å². The Labute approximate surface area is 115 Å². The van der Waals surface area contributed by atoms with Crippen LogP contribution in [-0.2, 0) is 0 Å². The molecule has 0 saturated carbocycles. The lowest BCUT2D eigenvalue weighted by molar-refractivity contribution is 0.269. The molecule has 18 heavy (non-hydrogen) atoms. The highest BCUT2D eigenvalue weighted by Gasteiger charge is 2.02. The van der Waals surface area contributed by atoms with Gasteiger partial charge in [-0.2, -0.15) is 0 Å². The Hall–Kier alpha value is -0.0800. The monoisotopic (exact) mass is 256 g/mol. The first-order valence-electron chi connectivity index (χ1n) is 8.27. The van der Waals surface area contributed by atoms with Crippen LogP contribution in [0.4, 0.5) is 0 Å². The molecule has 0 atom stereocenters. The van der Waals surface area contributed by atoms with Crippen molar-refractivity contribution in [2.75, 3.05) is 26.2 Å². The Kier molecular flexibility index (Phi) is 14.9. The van der Waals surface area contributed by atoms with Crippen LogP contribution in [0.5, 0.6) is 0 Å². The lowest BCUT2D eigenvalue weighted by atomic mass is 10.1. The fourth-order valence-electron chi connectivity index (χ4n) is 2.37. The molecule has 0 aromatic carbocycles. The molecule has 0 aromatic heterocycles. The van der Waals surface area contributed by atoms with Gasteiger partial charge in [0.15, 0.2) is 0 Å². The summed E-state index contributed by atoms with van der Waals surface area (Å²) in [6.45, 7) is 8.92. The minimum Gasteiger partial charge on any atom is -0.329 e. The highest BCUT2D eigenvalue weighted by atomic mass is 15.1. The Morgan fingerprint density at radius 2 is 1.11 bits per heavy atom. The molecule has 0 saturated heterocycles. The van der Waals surface area contributed by atoms with Crippen LogP contribution in [0, 0.1) is 0 Å². The predicted molar refractivity (Wildman–Crippen MR) is 83.0 cm³/mol.